The first-order valence-electron chi connectivity index (χ1n) is 13.2. The number of fused-ring (bicyclic) bond motifs is 1. The van der Waals surface area contributed by atoms with Crippen molar-refractivity contribution in [2.45, 2.75) is 62.7 Å². The van der Waals surface area contributed by atoms with Crippen molar-refractivity contribution in [1.29, 1.82) is 0 Å². The third-order valence-electron chi connectivity index (χ3n) is 6.99. The molecule has 0 radical (unpaired) electrons. The van der Waals surface area contributed by atoms with Gasteiger partial charge >= 0.3 is 13.7 Å². The summed E-state index contributed by atoms with van der Waals surface area (Å²) in [5, 5.41) is 21.1. The van der Waals surface area contributed by atoms with Crippen molar-refractivity contribution in [1.82, 2.24) is 24.6 Å². The number of carbonyl (C=O) groups is 1. The summed E-state index contributed by atoms with van der Waals surface area (Å²) in [5.41, 5.74) is 14.4. The Morgan fingerprint density at radius 2 is 2.16 bits per heavy atom. The molecular weight excluding hydrogens is 607 g/mol. The molecule has 3 aromatic rings. The van der Waals surface area contributed by atoms with E-state index >= 15 is 0 Å². The molecule has 0 bridgehead atoms. The van der Waals surface area contributed by atoms with E-state index in [9.17, 15) is 20.0 Å². The standard InChI is InChI=1S/C24H30ClN10O7P/c1-12(21(37)39-3)32-43(38,42-15-7-5-4-6-14(15)25)40-10-16-18(36)24(2,33-34-27)22(41-16)35-11-28-17-19(29-13-8-9-13)30-23(26)31-20(17)35/h4-7,11-13,16,18,22,36H,8-10H2,1-3H3,(H,32,38)(H3,26,29,30,31)/t12-,16+,18+,22+,24+,43?/m0/s1. The number of para-hydroxylation sites is 1. The van der Waals surface area contributed by atoms with Gasteiger partial charge in [-0.3, -0.25) is 13.9 Å². The van der Waals surface area contributed by atoms with E-state index in [4.69, 9.17) is 35.9 Å². The van der Waals surface area contributed by atoms with Crippen molar-refractivity contribution in [2.24, 2.45) is 5.11 Å². The van der Waals surface area contributed by atoms with Crippen molar-refractivity contribution in [3.05, 3.63) is 46.1 Å². The van der Waals surface area contributed by atoms with Crippen molar-refractivity contribution in [3.8, 4) is 5.75 Å². The Balaban J connectivity index is 1.43. The third-order valence-corrected chi connectivity index (χ3v) is 8.94. The predicted octanol–water partition coefficient (Wildman–Crippen LogP) is 3.32. The van der Waals surface area contributed by atoms with Gasteiger partial charge in [-0.15, -0.1) is 0 Å². The molecular formula is C24H30ClN10O7P. The highest BCUT2D eigenvalue weighted by molar-refractivity contribution is 7.52. The smallest absolute Gasteiger partial charge is 0.459 e. The van der Waals surface area contributed by atoms with Crippen LogP contribution in [0.1, 0.15) is 32.9 Å². The number of halogens is 1. The number of benzene rings is 1. The van der Waals surface area contributed by atoms with Gasteiger partial charge in [0.15, 0.2) is 23.2 Å². The average Bonchev–Trinajstić information content (AvgIpc) is 3.63. The Labute approximate surface area is 250 Å². The molecule has 0 spiro atoms. The van der Waals surface area contributed by atoms with Gasteiger partial charge in [0.05, 0.1) is 31.2 Å². The number of aliphatic hydroxyl groups excluding tert-OH is 1. The summed E-state index contributed by atoms with van der Waals surface area (Å²) in [5.74, 6) is -0.302. The summed E-state index contributed by atoms with van der Waals surface area (Å²) >= 11 is 6.19. The maximum Gasteiger partial charge on any atom is 0.459 e. The first kappa shape index (κ1) is 30.8. The fraction of sp³-hybridized carbons (Fsp3) is 0.500. The molecule has 0 amide bonds. The second kappa shape index (κ2) is 12.1. The zero-order valence-corrected chi connectivity index (χ0v) is 25.0. The van der Waals surface area contributed by atoms with Gasteiger partial charge in [0.1, 0.15) is 23.4 Å². The van der Waals surface area contributed by atoms with Gasteiger partial charge in [-0.1, -0.05) is 28.8 Å². The molecule has 3 heterocycles. The second-order valence-corrected chi connectivity index (χ2v) is 12.4. The highest BCUT2D eigenvalue weighted by Crippen LogP contribution is 2.49. The van der Waals surface area contributed by atoms with Gasteiger partial charge in [0, 0.05) is 11.0 Å². The van der Waals surface area contributed by atoms with E-state index in [1.165, 1.54) is 44.0 Å². The number of anilines is 2. The van der Waals surface area contributed by atoms with E-state index in [1.54, 1.807) is 12.1 Å². The molecule has 6 atom stereocenters. The van der Waals surface area contributed by atoms with E-state index in [-0.39, 0.29) is 28.4 Å². The number of hydrogen-bond acceptors (Lipinski definition) is 13. The molecule has 43 heavy (non-hydrogen) atoms. The SMILES string of the molecule is COC(=O)[C@H](C)NP(=O)(OC[C@H]1O[C@@H](n2cnc3c(NC4CC4)nc(N)nc32)[C@](C)(N=[N+]=[N-])[C@@H]1O)Oc1ccccc1Cl. The van der Waals surface area contributed by atoms with Crippen molar-refractivity contribution >= 4 is 48.2 Å². The lowest BCUT2D eigenvalue weighted by Crippen LogP contribution is -2.43. The number of aromatic nitrogens is 4. The van der Waals surface area contributed by atoms with Gasteiger partial charge in [0.25, 0.3) is 0 Å². The van der Waals surface area contributed by atoms with Gasteiger partial charge in [-0.05, 0) is 44.4 Å². The lowest BCUT2D eigenvalue weighted by molar-refractivity contribution is -0.142. The quantitative estimate of drug-likeness (QED) is 0.0735. The molecule has 5 rings (SSSR count). The summed E-state index contributed by atoms with van der Waals surface area (Å²) in [7, 11) is -3.19. The number of nitrogens with one attached hydrogen (secondary N) is 2. The van der Waals surface area contributed by atoms with Crippen LogP contribution in [0.4, 0.5) is 11.8 Å². The van der Waals surface area contributed by atoms with Crippen LogP contribution in [-0.4, -0.2) is 74.1 Å². The van der Waals surface area contributed by atoms with Crippen LogP contribution in [0.15, 0.2) is 35.7 Å². The lowest BCUT2D eigenvalue weighted by Gasteiger charge is -2.28. The van der Waals surface area contributed by atoms with Crippen LogP contribution < -0.4 is 20.7 Å². The van der Waals surface area contributed by atoms with Gasteiger partial charge in [-0.25, -0.2) is 9.55 Å². The molecule has 2 aromatic heterocycles. The normalized spacial score (nSPS) is 25.5. The van der Waals surface area contributed by atoms with Gasteiger partial charge < -0.3 is 30.2 Å². The van der Waals surface area contributed by atoms with E-state index in [0.717, 1.165) is 12.8 Å². The lowest BCUT2D eigenvalue weighted by atomic mass is 9.93. The molecule has 19 heteroatoms. The van der Waals surface area contributed by atoms with Crippen LogP contribution in [-0.2, 0) is 23.4 Å². The van der Waals surface area contributed by atoms with Crippen molar-refractivity contribution in [2.75, 3.05) is 24.8 Å². The fourth-order valence-electron chi connectivity index (χ4n) is 4.59. The van der Waals surface area contributed by atoms with E-state index in [1.807, 2.05) is 0 Å². The monoisotopic (exact) mass is 636 g/mol. The number of methoxy groups -OCH3 is 1. The summed E-state index contributed by atoms with van der Waals surface area (Å²) in [6, 6.07) is 5.36. The molecule has 1 aliphatic heterocycles. The number of hydrogen-bond donors (Lipinski definition) is 4. The summed E-state index contributed by atoms with van der Waals surface area (Å²) in [6.45, 7) is 2.35. The number of nitrogen functional groups attached to an aromatic ring is 1. The Morgan fingerprint density at radius 3 is 2.84 bits per heavy atom. The molecule has 230 valence electrons. The van der Waals surface area contributed by atoms with E-state index in [2.05, 4.69) is 35.4 Å². The van der Waals surface area contributed by atoms with Crippen LogP contribution in [0.5, 0.6) is 5.75 Å². The summed E-state index contributed by atoms with van der Waals surface area (Å²) in [4.78, 5) is 28.0. The number of ether oxygens (including phenoxy) is 2. The van der Waals surface area contributed by atoms with Crippen LogP contribution in [0.2, 0.25) is 5.02 Å². The summed E-state index contributed by atoms with van der Waals surface area (Å²) in [6.07, 6.45) is -0.449. The molecule has 1 saturated carbocycles. The van der Waals surface area contributed by atoms with E-state index in [0.29, 0.717) is 11.3 Å². The van der Waals surface area contributed by atoms with Crippen LogP contribution in [0.25, 0.3) is 21.6 Å². The number of esters is 1. The fourth-order valence-corrected chi connectivity index (χ4v) is 6.33. The zero-order valence-electron chi connectivity index (χ0n) is 23.3. The predicted molar refractivity (Wildman–Crippen MR) is 154 cm³/mol. The van der Waals surface area contributed by atoms with Crippen LogP contribution in [0.3, 0.4) is 0 Å². The molecule has 17 nitrogen and oxygen atoms in total. The number of carbonyl (C=O) groups excluding carboxylic acids is 1. The summed E-state index contributed by atoms with van der Waals surface area (Å²) < 4.78 is 37.5. The highest BCUT2D eigenvalue weighted by atomic mass is 35.5. The van der Waals surface area contributed by atoms with Gasteiger partial charge in [-0.2, -0.15) is 15.1 Å². The maximum atomic E-state index is 13.9. The number of nitrogens with two attached hydrogens (primary N) is 1. The molecule has 2 aliphatic rings. The third kappa shape index (κ3) is 6.33. The molecule has 1 saturated heterocycles. The number of rotatable bonds is 12. The first-order valence-corrected chi connectivity index (χ1v) is 15.1. The number of imidazole rings is 1. The molecule has 1 aromatic carbocycles. The van der Waals surface area contributed by atoms with Crippen LogP contribution >= 0.6 is 19.3 Å². The molecule has 5 N–H and O–H groups in total. The van der Waals surface area contributed by atoms with E-state index < -0.39 is 50.3 Å². The number of aliphatic hydroxyl groups is 1. The minimum Gasteiger partial charge on any atom is -0.468 e. The zero-order chi connectivity index (χ0) is 30.9. The van der Waals surface area contributed by atoms with Crippen molar-refractivity contribution < 1.29 is 33.0 Å². The number of nitrogens with zero attached hydrogens (tertiary/aromatic N) is 7. The molecule has 2 fully saturated rings. The maximum absolute atomic E-state index is 13.9. The Hall–Kier alpha value is -3.69. The Bertz CT molecular complexity index is 1620. The van der Waals surface area contributed by atoms with Crippen LogP contribution in [0, 0.1) is 0 Å². The topological polar surface area (TPSA) is 234 Å². The Morgan fingerprint density at radius 1 is 1.42 bits per heavy atom. The highest BCUT2D eigenvalue weighted by Gasteiger charge is 2.55. The minimum atomic E-state index is -4.36. The van der Waals surface area contributed by atoms with Gasteiger partial charge in [0.2, 0.25) is 5.95 Å². The largest absolute Gasteiger partial charge is 0.468 e. The Kier molecular flexibility index (Phi) is 8.68. The average molecular weight is 637 g/mol. The molecule has 1 aliphatic carbocycles. The first-order chi connectivity index (χ1) is 20.5. The van der Waals surface area contributed by atoms with Crippen molar-refractivity contribution in [3.63, 3.8) is 0 Å². The molecule has 1 unspecified atom stereocenters. The second-order valence-electron chi connectivity index (χ2n) is 10.2. The minimum absolute atomic E-state index is 0.0134. The number of azide groups is 1.